The van der Waals surface area contributed by atoms with Crippen LogP contribution >= 0.6 is 24.0 Å². The minimum absolute atomic E-state index is 0. The second-order valence-corrected chi connectivity index (χ2v) is 8.21. The number of rotatable bonds is 7. The largest absolute Gasteiger partial charge is 0.357 e. The Morgan fingerprint density at radius 2 is 2.07 bits per heavy atom. The van der Waals surface area contributed by atoms with E-state index in [0.29, 0.717) is 25.2 Å². The second kappa shape index (κ2) is 10.7. The highest BCUT2D eigenvalue weighted by Crippen LogP contribution is 2.33. The van der Waals surface area contributed by atoms with Crippen LogP contribution in [-0.4, -0.2) is 61.1 Å². The third-order valence-electron chi connectivity index (χ3n) is 5.34. The van der Waals surface area contributed by atoms with E-state index in [1.54, 1.807) is 6.07 Å². The van der Waals surface area contributed by atoms with E-state index in [2.05, 4.69) is 29.4 Å². The number of guanidine groups is 1. The zero-order valence-electron chi connectivity index (χ0n) is 17.5. The molecule has 0 aromatic heterocycles. The van der Waals surface area contributed by atoms with Crippen molar-refractivity contribution in [2.75, 3.05) is 27.2 Å². The van der Waals surface area contributed by atoms with Crippen LogP contribution in [0.1, 0.15) is 44.2 Å². The Morgan fingerprint density at radius 1 is 1.32 bits per heavy atom. The van der Waals surface area contributed by atoms with E-state index in [-0.39, 0.29) is 29.8 Å². The minimum Gasteiger partial charge on any atom is -0.357 e. The number of nitrogens with one attached hydrogen (secondary N) is 2. The second-order valence-electron chi connectivity index (χ2n) is 8.21. The first-order chi connectivity index (χ1) is 13.0. The summed E-state index contributed by atoms with van der Waals surface area (Å²) >= 11 is 0. The van der Waals surface area contributed by atoms with Crippen molar-refractivity contribution in [2.24, 2.45) is 4.99 Å². The van der Waals surface area contributed by atoms with Crippen LogP contribution in [0, 0.1) is 5.82 Å². The summed E-state index contributed by atoms with van der Waals surface area (Å²) in [5.41, 5.74) is 1.75. The minimum atomic E-state index is -0.151. The predicted octanol–water partition coefficient (Wildman–Crippen LogP) is 3.19. The molecule has 0 spiro atoms. The van der Waals surface area contributed by atoms with E-state index in [9.17, 15) is 4.39 Å². The predicted molar refractivity (Wildman–Crippen MR) is 125 cm³/mol. The molecular weight excluding hydrogens is 468 g/mol. The fraction of sp³-hybridized carbons (Fsp3) is 0.667. The molecular formula is C21H35FIN5. The highest BCUT2D eigenvalue weighted by molar-refractivity contribution is 14.0. The van der Waals surface area contributed by atoms with E-state index < -0.39 is 0 Å². The van der Waals surface area contributed by atoms with Crippen LogP contribution in [-0.2, 0) is 13.1 Å². The summed E-state index contributed by atoms with van der Waals surface area (Å²) in [4.78, 5) is 9.36. The van der Waals surface area contributed by atoms with Crippen molar-refractivity contribution in [3.63, 3.8) is 0 Å². The van der Waals surface area contributed by atoms with Gasteiger partial charge in [0.15, 0.2) is 5.96 Å². The Labute approximate surface area is 186 Å². The lowest BCUT2D eigenvalue weighted by molar-refractivity contribution is 0.256. The third kappa shape index (κ3) is 6.56. The number of likely N-dealkylation sites (tertiary alicyclic amines) is 1. The maximum absolute atomic E-state index is 14.0. The highest BCUT2D eigenvalue weighted by Gasteiger charge is 2.38. The molecule has 2 unspecified atom stereocenters. The zero-order valence-corrected chi connectivity index (χ0v) is 19.9. The summed E-state index contributed by atoms with van der Waals surface area (Å²) in [6.45, 7) is 7.48. The van der Waals surface area contributed by atoms with Crippen molar-refractivity contribution >= 4 is 29.9 Å². The van der Waals surface area contributed by atoms with E-state index in [1.165, 1.54) is 12.8 Å². The monoisotopic (exact) mass is 503 g/mol. The van der Waals surface area contributed by atoms with Gasteiger partial charge in [0, 0.05) is 43.3 Å². The van der Waals surface area contributed by atoms with E-state index in [4.69, 9.17) is 4.99 Å². The molecule has 2 fully saturated rings. The van der Waals surface area contributed by atoms with Crippen LogP contribution < -0.4 is 10.6 Å². The topological polar surface area (TPSA) is 42.9 Å². The molecule has 1 aromatic carbocycles. The molecule has 5 nitrogen and oxygen atoms in total. The molecule has 3 rings (SSSR count). The van der Waals surface area contributed by atoms with Gasteiger partial charge in [0.2, 0.25) is 0 Å². The summed E-state index contributed by atoms with van der Waals surface area (Å²) in [7, 11) is 3.90. The molecule has 1 aliphatic heterocycles. The highest BCUT2D eigenvalue weighted by atomic mass is 127. The van der Waals surface area contributed by atoms with Gasteiger partial charge in [0.05, 0.1) is 6.54 Å². The lowest BCUT2D eigenvalue weighted by Gasteiger charge is -2.20. The summed E-state index contributed by atoms with van der Waals surface area (Å²) in [5.74, 6) is 0.701. The van der Waals surface area contributed by atoms with Crippen molar-refractivity contribution in [2.45, 2.75) is 64.3 Å². The number of hydrogen-bond donors (Lipinski definition) is 2. The quantitative estimate of drug-likeness (QED) is 0.341. The molecule has 1 aliphatic carbocycles. The van der Waals surface area contributed by atoms with Gasteiger partial charge in [-0.3, -0.25) is 4.90 Å². The van der Waals surface area contributed by atoms with Crippen LogP contribution in [0.2, 0.25) is 0 Å². The average molecular weight is 503 g/mol. The van der Waals surface area contributed by atoms with Crippen molar-refractivity contribution in [3.8, 4) is 0 Å². The summed E-state index contributed by atoms with van der Waals surface area (Å²) in [5, 5.41) is 6.95. The molecule has 158 valence electrons. The Bertz CT molecular complexity index is 662. The Balaban J connectivity index is 0.00000280. The van der Waals surface area contributed by atoms with Crippen LogP contribution in [0.4, 0.5) is 4.39 Å². The van der Waals surface area contributed by atoms with Crippen molar-refractivity contribution < 1.29 is 4.39 Å². The Hall–Kier alpha value is -0.930. The Morgan fingerprint density at radius 3 is 2.71 bits per heavy atom. The average Bonchev–Trinajstić information content (AvgIpc) is 3.38. The molecule has 1 aromatic rings. The molecule has 2 N–H and O–H groups in total. The molecule has 0 bridgehead atoms. The molecule has 1 heterocycles. The van der Waals surface area contributed by atoms with Gasteiger partial charge in [-0.2, -0.15) is 0 Å². The number of halogens is 2. The van der Waals surface area contributed by atoms with Gasteiger partial charge >= 0.3 is 0 Å². The van der Waals surface area contributed by atoms with Crippen LogP contribution in [0.5, 0.6) is 0 Å². The van der Waals surface area contributed by atoms with Gasteiger partial charge in [0.25, 0.3) is 0 Å². The van der Waals surface area contributed by atoms with Gasteiger partial charge in [-0.05, 0) is 64.9 Å². The van der Waals surface area contributed by atoms with Crippen LogP contribution in [0.3, 0.4) is 0 Å². The van der Waals surface area contributed by atoms with Crippen molar-refractivity contribution in [1.82, 2.24) is 20.4 Å². The summed E-state index contributed by atoms with van der Waals surface area (Å²) in [6.07, 6.45) is 3.86. The molecule has 1 saturated heterocycles. The standard InChI is InChI=1S/C21H34FN5.HI/c1-5-23-21(25-18-10-15(2)27(14-18)19-7-8-19)24-12-16-6-9-20(22)17(11-16)13-26(3)4;/h6,9,11,15,18-19H,5,7-8,10,12-14H2,1-4H3,(H2,23,24,25);1H. The van der Waals surface area contributed by atoms with Gasteiger partial charge in [-0.25, -0.2) is 9.38 Å². The first-order valence-electron chi connectivity index (χ1n) is 10.2. The van der Waals surface area contributed by atoms with Gasteiger partial charge in [-0.15, -0.1) is 24.0 Å². The number of nitrogens with zero attached hydrogens (tertiary/aromatic N) is 3. The van der Waals surface area contributed by atoms with Gasteiger partial charge in [-0.1, -0.05) is 6.07 Å². The van der Waals surface area contributed by atoms with Gasteiger partial charge in [0.1, 0.15) is 5.82 Å². The lowest BCUT2D eigenvalue weighted by atomic mass is 10.1. The van der Waals surface area contributed by atoms with E-state index >= 15 is 0 Å². The molecule has 0 amide bonds. The summed E-state index contributed by atoms with van der Waals surface area (Å²) in [6, 6.07) is 7.19. The number of hydrogen-bond acceptors (Lipinski definition) is 3. The molecule has 2 aliphatic rings. The van der Waals surface area contributed by atoms with Gasteiger partial charge < -0.3 is 15.5 Å². The van der Waals surface area contributed by atoms with Crippen LogP contribution in [0.15, 0.2) is 23.2 Å². The third-order valence-corrected chi connectivity index (χ3v) is 5.34. The van der Waals surface area contributed by atoms with Crippen molar-refractivity contribution in [3.05, 3.63) is 35.1 Å². The van der Waals surface area contributed by atoms with Crippen LogP contribution in [0.25, 0.3) is 0 Å². The summed E-state index contributed by atoms with van der Waals surface area (Å²) < 4.78 is 14.0. The lowest BCUT2D eigenvalue weighted by Crippen LogP contribution is -2.44. The Kier molecular flexibility index (Phi) is 8.95. The molecule has 1 saturated carbocycles. The zero-order chi connectivity index (χ0) is 19.4. The maximum atomic E-state index is 14.0. The molecule has 7 heteroatoms. The smallest absolute Gasteiger partial charge is 0.191 e. The number of aliphatic imine (C=N–C) groups is 1. The fourth-order valence-corrected chi connectivity index (χ4v) is 3.95. The molecule has 28 heavy (non-hydrogen) atoms. The normalized spacial score (nSPS) is 23.0. The van der Waals surface area contributed by atoms with E-state index in [1.807, 2.05) is 31.1 Å². The fourth-order valence-electron chi connectivity index (χ4n) is 3.95. The van der Waals surface area contributed by atoms with Crippen molar-refractivity contribution in [1.29, 1.82) is 0 Å². The SMILES string of the molecule is CCNC(=NCc1ccc(F)c(CN(C)C)c1)NC1CC(C)N(C2CC2)C1.I. The first-order valence-corrected chi connectivity index (χ1v) is 10.2. The maximum Gasteiger partial charge on any atom is 0.191 e. The molecule has 2 atom stereocenters. The van der Waals surface area contributed by atoms with E-state index in [0.717, 1.165) is 42.6 Å². The number of benzene rings is 1. The molecule has 0 radical (unpaired) electrons. The first kappa shape index (κ1) is 23.3.